The number of benzene rings is 1. The molecule has 2 aromatic rings. The Kier molecular flexibility index (Phi) is 2.65. The highest BCUT2D eigenvalue weighted by atomic mass is 35.5. The first kappa shape index (κ1) is 10.8. The Hall–Kier alpha value is -1.32. The first-order chi connectivity index (χ1) is 8.27. The van der Waals surface area contributed by atoms with Crippen molar-refractivity contribution in [1.82, 2.24) is 9.55 Å². The molecule has 0 bridgehead atoms. The number of halogens is 1. The molecule has 1 unspecified atom stereocenters. The van der Waals surface area contributed by atoms with Crippen LogP contribution in [0.5, 0.6) is 0 Å². The highest BCUT2D eigenvalue weighted by Gasteiger charge is 2.24. The topological polar surface area (TPSA) is 43.8 Å². The van der Waals surface area contributed by atoms with Crippen LogP contribution < -0.4 is 5.73 Å². The van der Waals surface area contributed by atoms with Crippen molar-refractivity contribution in [1.29, 1.82) is 0 Å². The van der Waals surface area contributed by atoms with Crippen LogP contribution in [0.15, 0.2) is 30.3 Å². The van der Waals surface area contributed by atoms with Gasteiger partial charge in [0.1, 0.15) is 5.82 Å². The number of nitrogens with two attached hydrogens (primary N) is 1. The predicted octanol–water partition coefficient (Wildman–Crippen LogP) is 3.00. The van der Waals surface area contributed by atoms with Crippen molar-refractivity contribution < 1.29 is 0 Å². The Bertz CT molecular complexity index is 533. The fourth-order valence-corrected chi connectivity index (χ4v) is 2.75. The number of rotatable bonds is 1. The van der Waals surface area contributed by atoms with E-state index < -0.39 is 0 Å². The van der Waals surface area contributed by atoms with Crippen LogP contribution in [0.3, 0.4) is 0 Å². The minimum absolute atomic E-state index is 0.0150. The summed E-state index contributed by atoms with van der Waals surface area (Å²) >= 11 is 6.20. The summed E-state index contributed by atoms with van der Waals surface area (Å²) in [5.41, 5.74) is 8.17. The predicted molar refractivity (Wildman–Crippen MR) is 68.8 cm³/mol. The fourth-order valence-electron chi connectivity index (χ4n) is 2.43. The van der Waals surface area contributed by atoms with E-state index in [1.165, 1.54) is 0 Å². The van der Waals surface area contributed by atoms with Crippen LogP contribution >= 0.6 is 11.6 Å². The summed E-state index contributed by atoms with van der Waals surface area (Å²) < 4.78 is 2.16. The van der Waals surface area contributed by atoms with Crippen molar-refractivity contribution in [2.75, 3.05) is 0 Å². The molecular weight excluding hydrogens is 234 g/mol. The summed E-state index contributed by atoms with van der Waals surface area (Å²) in [7, 11) is 0. The lowest BCUT2D eigenvalue weighted by atomic mass is 10.1. The third kappa shape index (κ3) is 1.75. The van der Waals surface area contributed by atoms with Crippen LogP contribution in [0, 0.1) is 0 Å². The molecule has 2 heterocycles. The SMILES string of the molecule is NC1CCCn2c(-c3ccccc3)nc(Cl)c21. The van der Waals surface area contributed by atoms with E-state index in [-0.39, 0.29) is 6.04 Å². The molecule has 1 aliphatic rings. The third-order valence-electron chi connectivity index (χ3n) is 3.24. The highest BCUT2D eigenvalue weighted by molar-refractivity contribution is 6.30. The van der Waals surface area contributed by atoms with Crippen LogP contribution in [-0.2, 0) is 6.54 Å². The van der Waals surface area contributed by atoms with Crippen molar-refractivity contribution in [3.63, 3.8) is 0 Å². The van der Waals surface area contributed by atoms with Gasteiger partial charge in [-0.25, -0.2) is 4.98 Å². The van der Waals surface area contributed by atoms with Gasteiger partial charge in [-0.3, -0.25) is 0 Å². The number of aromatic nitrogens is 2. The van der Waals surface area contributed by atoms with Gasteiger partial charge in [0.2, 0.25) is 0 Å². The third-order valence-corrected chi connectivity index (χ3v) is 3.52. The molecule has 3 rings (SSSR count). The molecule has 1 atom stereocenters. The van der Waals surface area contributed by atoms with Gasteiger partial charge >= 0.3 is 0 Å². The number of hydrogen-bond acceptors (Lipinski definition) is 2. The van der Waals surface area contributed by atoms with Crippen molar-refractivity contribution in [3.8, 4) is 11.4 Å². The summed E-state index contributed by atoms with van der Waals surface area (Å²) in [5.74, 6) is 0.931. The quantitative estimate of drug-likeness (QED) is 0.842. The summed E-state index contributed by atoms with van der Waals surface area (Å²) in [6, 6.07) is 10.1. The second kappa shape index (κ2) is 4.17. The lowest BCUT2D eigenvalue weighted by Gasteiger charge is -2.22. The van der Waals surface area contributed by atoms with E-state index in [1.807, 2.05) is 30.3 Å². The first-order valence-corrected chi connectivity index (χ1v) is 6.22. The smallest absolute Gasteiger partial charge is 0.152 e. The molecule has 0 aliphatic carbocycles. The van der Waals surface area contributed by atoms with Gasteiger partial charge in [0.05, 0.1) is 5.69 Å². The van der Waals surface area contributed by atoms with Crippen LogP contribution in [0.1, 0.15) is 24.6 Å². The molecule has 1 aromatic carbocycles. The molecule has 0 saturated carbocycles. The van der Waals surface area contributed by atoms with Gasteiger partial charge in [0, 0.05) is 18.2 Å². The maximum atomic E-state index is 6.20. The van der Waals surface area contributed by atoms with E-state index in [1.54, 1.807) is 0 Å². The molecule has 4 heteroatoms. The molecule has 0 fully saturated rings. The molecule has 3 nitrogen and oxygen atoms in total. The standard InChI is InChI=1S/C13H14ClN3/c14-12-11-10(15)7-4-8-17(11)13(16-12)9-5-2-1-3-6-9/h1-3,5-6,10H,4,7-8,15H2. The zero-order valence-corrected chi connectivity index (χ0v) is 10.2. The molecule has 0 spiro atoms. The van der Waals surface area contributed by atoms with E-state index in [4.69, 9.17) is 17.3 Å². The van der Waals surface area contributed by atoms with Crippen molar-refractivity contribution >= 4 is 11.6 Å². The van der Waals surface area contributed by atoms with Gasteiger partial charge < -0.3 is 10.3 Å². The summed E-state index contributed by atoms with van der Waals surface area (Å²) in [6.45, 7) is 0.951. The fraction of sp³-hybridized carbons (Fsp3) is 0.308. The maximum Gasteiger partial charge on any atom is 0.152 e. The lowest BCUT2D eigenvalue weighted by molar-refractivity contribution is 0.466. The van der Waals surface area contributed by atoms with E-state index >= 15 is 0 Å². The molecule has 0 saturated heterocycles. The van der Waals surface area contributed by atoms with Gasteiger partial charge in [-0.05, 0) is 12.8 Å². The average Bonchev–Trinajstić information content (AvgIpc) is 2.69. The van der Waals surface area contributed by atoms with E-state index in [2.05, 4.69) is 9.55 Å². The van der Waals surface area contributed by atoms with Gasteiger partial charge in [-0.2, -0.15) is 0 Å². The van der Waals surface area contributed by atoms with E-state index in [0.29, 0.717) is 5.15 Å². The maximum absolute atomic E-state index is 6.20. The molecule has 0 amide bonds. The number of fused-ring (bicyclic) bond motifs is 1. The van der Waals surface area contributed by atoms with Gasteiger partial charge in [-0.1, -0.05) is 41.9 Å². The van der Waals surface area contributed by atoms with Crippen LogP contribution in [0.2, 0.25) is 5.15 Å². The lowest BCUT2D eigenvalue weighted by Crippen LogP contribution is -2.21. The molecule has 88 valence electrons. The first-order valence-electron chi connectivity index (χ1n) is 5.84. The van der Waals surface area contributed by atoms with Crippen LogP contribution in [0.25, 0.3) is 11.4 Å². The Morgan fingerprint density at radius 1 is 1.29 bits per heavy atom. The minimum atomic E-state index is 0.0150. The molecule has 1 aromatic heterocycles. The second-order valence-electron chi connectivity index (χ2n) is 4.38. The number of nitrogens with zero attached hydrogens (tertiary/aromatic N) is 2. The van der Waals surface area contributed by atoms with E-state index in [9.17, 15) is 0 Å². The average molecular weight is 248 g/mol. The highest BCUT2D eigenvalue weighted by Crippen LogP contribution is 2.33. The number of hydrogen-bond donors (Lipinski definition) is 1. The molecule has 2 N–H and O–H groups in total. The molecular formula is C13H14ClN3. The minimum Gasteiger partial charge on any atom is -0.325 e. The monoisotopic (exact) mass is 247 g/mol. The Balaban J connectivity index is 2.17. The van der Waals surface area contributed by atoms with Crippen molar-refractivity contribution in [2.45, 2.75) is 25.4 Å². The normalized spacial score (nSPS) is 19.1. The molecule has 0 radical (unpaired) electrons. The van der Waals surface area contributed by atoms with Crippen molar-refractivity contribution in [3.05, 3.63) is 41.2 Å². The molecule has 1 aliphatic heterocycles. The number of imidazole rings is 1. The zero-order chi connectivity index (χ0) is 11.8. The summed E-state index contributed by atoms with van der Waals surface area (Å²) in [4.78, 5) is 4.46. The van der Waals surface area contributed by atoms with Gasteiger partial charge in [0.25, 0.3) is 0 Å². The summed E-state index contributed by atoms with van der Waals surface area (Å²) in [5, 5.41) is 0.552. The zero-order valence-electron chi connectivity index (χ0n) is 9.44. The molecule has 17 heavy (non-hydrogen) atoms. The second-order valence-corrected chi connectivity index (χ2v) is 4.74. The van der Waals surface area contributed by atoms with Crippen LogP contribution in [0.4, 0.5) is 0 Å². The van der Waals surface area contributed by atoms with Gasteiger partial charge in [-0.15, -0.1) is 0 Å². The van der Waals surface area contributed by atoms with Gasteiger partial charge in [0.15, 0.2) is 5.15 Å². The largest absolute Gasteiger partial charge is 0.325 e. The van der Waals surface area contributed by atoms with Crippen molar-refractivity contribution in [2.24, 2.45) is 5.73 Å². The summed E-state index contributed by atoms with van der Waals surface area (Å²) in [6.07, 6.45) is 2.07. The van der Waals surface area contributed by atoms with Crippen LogP contribution in [-0.4, -0.2) is 9.55 Å². The Morgan fingerprint density at radius 2 is 2.06 bits per heavy atom. The van der Waals surface area contributed by atoms with E-state index in [0.717, 1.165) is 36.5 Å². The Morgan fingerprint density at radius 3 is 2.82 bits per heavy atom. The Labute approximate surface area is 105 Å².